The molecule has 2 aromatic rings. The number of amides is 1. The SMILES string of the molecule is O=C1CC[C@H](/C=C(/c2ccc(S(=O)(=O)N3CCC3)cc2)c2ccc(C3CC3)c(=O)[nH]2)N1. The number of hydrogen-bond donors (Lipinski definition) is 2. The number of aromatic amines is 1. The number of pyridine rings is 1. The molecule has 1 aromatic heterocycles. The maximum atomic E-state index is 12.6. The van der Waals surface area contributed by atoms with Gasteiger partial charge in [0.25, 0.3) is 5.56 Å². The van der Waals surface area contributed by atoms with Gasteiger partial charge in [0.1, 0.15) is 0 Å². The third-order valence-corrected chi connectivity index (χ3v) is 8.17. The first-order valence-electron chi connectivity index (χ1n) is 10.8. The Bertz CT molecular complexity index is 1210. The van der Waals surface area contributed by atoms with Crippen molar-refractivity contribution in [1.82, 2.24) is 14.6 Å². The van der Waals surface area contributed by atoms with E-state index in [1.165, 1.54) is 4.31 Å². The highest BCUT2D eigenvalue weighted by Gasteiger charge is 2.30. The van der Waals surface area contributed by atoms with Crippen LogP contribution in [0.4, 0.5) is 0 Å². The molecule has 31 heavy (non-hydrogen) atoms. The van der Waals surface area contributed by atoms with Gasteiger partial charge in [0.05, 0.1) is 4.90 Å². The summed E-state index contributed by atoms with van der Waals surface area (Å²) in [6.07, 6.45) is 6.10. The number of sulfonamides is 1. The molecule has 7 nitrogen and oxygen atoms in total. The van der Waals surface area contributed by atoms with Crippen molar-refractivity contribution < 1.29 is 13.2 Å². The van der Waals surface area contributed by atoms with E-state index in [1.54, 1.807) is 24.3 Å². The van der Waals surface area contributed by atoms with E-state index in [9.17, 15) is 18.0 Å². The molecule has 0 spiro atoms. The van der Waals surface area contributed by atoms with Crippen LogP contribution in [0, 0.1) is 0 Å². The lowest BCUT2D eigenvalue weighted by atomic mass is 9.98. The van der Waals surface area contributed by atoms with Crippen LogP contribution in [0.5, 0.6) is 0 Å². The van der Waals surface area contributed by atoms with Crippen LogP contribution in [-0.4, -0.2) is 42.7 Å². The summed E-state index contributed by atoms with van der Waals surface area (Å²) in [7, 11) is -3.45. The maximum absolute atomic E-state index is 12.6. The average Bonchev–Trinajstić information content (AvgIpc) is 3.46. The van der Waals surface area contributed by atoms with E-state index in [2.05, 4.69) is 10.3 Å². The van der Waals surface area contributed by atoms with Gasteiger partial charge in [0, 0.05) is 42.4 Å². The van der Waals surface area contributed by atoms with Crippen molar-refractivity contribution in [2.24, 2.45) is 0 Å². The Morgan fingerprint density at radius 1 is 1.00 bits per heavy atom. The lowest BCUT2D eigenvalue weighted by Crippen LogP contribution is -2.41. The smallest absolute Gasteiger partial charge is 0.251 e. The number of nitrogens with one attached hydrogen (secondary N) is 2. The Hall–Kier alpha value is -2.71. The zero-order valence-corrected chi connectivity index (χ0v) is 18.0. The summed E-state index contributed by atoms with van der Waals surface area (Å²) in [4.78, 5) is 27.5. The molecule has 0 unspecified atom stereocenters. The second-order valence-electron chi connectivity index (χ2n) is 8.51. The van der Waals surface area contributed by atoms with E-state index in [0.717, 1.165) is 36.0 Å². The van der Waals surface area contributed by atoms with E-state index in [-0.39, 0.29) is 22.4 Å². The standard InChI is InChI=1S/C23H25N3O4S/c27-22-11-6-17(24-22)14-20(21-10-9-19(15-2-3-15)23(28)25-21)16-4-7-18(8-5-16)31(29,30)26-12-1-13-26/h4-5,7-10,14-15,17H,1-3,6,11-13H2,(H,24,27)(H,25,28)/b20-14-/t17-/m1/s1. The Kier molecular flexibility index (Phi) is 5.06. The predicted octanol–water partition coefficient (Wildman–Crippen LogP) is 2.36. The minimum atomic E-state index is -3.45. The van der Waals surface area contributed by atoms with Crippen LogP contribution in [0.25, 0.3) is 5.57 Å². The first kappa shape index (κ1) is 20.2. The minimum absolute atomic E-state index is 0.00849. The van der Waals surface area contributed by atoms with Gasteiger partial charge in [-0.3, -0.25) is 9.59 Å². The van der Waals surface area contributed by atoms with Gasteiger partial charge >= 0.3 is 0 Å². The fraction of sp³-hybridized carbons (Fsp3) is 0.391. The van der Waals surface area contributed by atoms with Crippen molar-refractivity contribution in [2.45, 2.75) is 49.0 Å². The number of rotatable bonds is 6. The number of nitrogens with zero attached hydrogens (tertiary/aromatic N) is 1. The average molecular weight is 440 g/mol. The molecule has 1 aromatic carbocycles. The van der Waals surface area contributed by atoms with Crippen LogP contribution in [-0.2, 0) is 14.8 Å². The Morgan fingerprint density at radius 2 is 1.74 bits per heavy atom. The summed E-state index contributed by atoms with van der Waals surface area (Å²) >= 11 is 0. The molecule has 3 aliphatic rings. The molecule has 8 heteroatoms. The highest BCUT2D eigenvalue weighted by molar-refractivity contribution is 7.89. The van der Waals surface area contributed by atoms with Crippen LogP contribution in [0.1, 0.15) is 54.8 Å². The van der Waals surface area contributed by atoms with E-state index >= 15 is 0 Å². The zero-order valence-electron chi connectivity index (χ0n) is 17.1. The summed E-state index contributed by atoms with van der Waals surface area (Å²) in [6, 6.07) is 10.4. The molecule has 2 aliphatic heterocycles. The molecule has 162 valence electrons. The van der Waals surface area contributed by atoms with Gasteiger partial charge in [0.15, 0.2) is 0 Å². The molecule has 1 atom stereocenters. The normalized spacial score (nSPS) is 22.3. The molecule has 1 saturated carbocycles. The van der Waals surface area contributed by atoms with E-state index in [1.807, 2.05) is 18.2 Å². The summed E-state index contributed by atoms with van der Waals surface area (Å²) < 4.78 is 26.8. The monoisotopic (exact) mass is 439 g/mol. The number of benzene rings is 1. The molecule has 5 rings (SSSR count). The molecule has 2 N–H and O–H groups in total. The summed E-state index contributed by atoms with van der Waals surface area (Å²) in [5, 5.41) is 2.93. The molecule has 0 bridgehead atoms. The third kappa shape index (κ3) is 3.97. The molecule has 1 aliphatic carbocycles. The van der Waals surface area contributed by atoms with Crippen molar-refractivity contribution in [3.05, 3.63) is 69.6 Å². The van der Waals surface area contributed by atoms with Crippen LogP contribution in [0.3, 0.4) is 0 Å². The van der Waals surface area contributed by atoms with Crippen LogP contribution in [0.2, 0.25) is 0 Å². The number of hydrogen-bond acceptors (Lipinski definition) is 4. The zero-order chi connectivity index (χ0) is 21.6. The van der Waals surface area contributed by atoms with Crippen molar-refractivity contribution in [1.29, 1.82) is 0 Å². The molecular formula is C23H25N3O4S. The summed E-state index contributed by atoms with van der Waals surface area (Å²) in [5.41, 5.74) is 2.96. The number of carbonyl (C=O) groups is 1. The first-order chi connectivity index (χ1) is 14.9. The lowest BCUT2D eigenvalue weighted by molar-refractivity contribution is -0.119. The molecule has 2 saturated heterocycles. The summed E-state index contributed by atoms with van der Waals surface area (Å²) in [5.74, 6) is 0.361. The molecule has 0 radical (unpaired) electrons. The molecule has 1 amide bonds. The minimum Gasteiger partial charge on any atom is -0.350 e. The maximum Gasteiger partial charge on any atom is 0.251 e. The topological polar surface area (TPSA) is 99.3 Å². The second kappa shape index (κ2) is 7.76. The highest BCUT2D eigenvalue weighted by atomic mass is 32.2. The van der Waals surface area contributed by atoms with Crippen molar-refractivity contribution in [3.63, 3.8) is 0 Å². The first-order valence-corrected chi connectivity index (χ1v) is 12.2. The predicted molar refractivity (Wildman–Crippen MR) is 117 cm³/mol. The van der Waals surface area contributed by atoms with Gasteiger partial charge in [-0.05, 0) is 55.4 Å². The lowest BCUT2D eigenvalue weighted by Gasteiger charge is -2.29. The molecule has 3 heterocycles. The van der Waals surface area contributed by atoms with Crippen molar-refractivity contribution in [2.75, 3.05) is 13.1 Å². The van der Waals surface area contributed by atoms with E-state index in [0.29, 0.717) is 37.5 Å². The number of carbonyl (C=O) groups excluding carboxylic acids is 1. The van der Waals surface area contributed by atoms with Gasteiger partial charge < -0.3 is 10.3 Å². The van der Waals surface area contributed by atoms with E-state index < -0.39 is 10.0 Å². The Morgan fingerprint density at radius 3 is 2.29 bits per heavy atom. The number of H-pyrrole nitrogens is 1. The largest absolute Gasteiger partial charge is 0.350 e. The summed E-state index contributed by atoms with van der Waals surface area (Å²) in [6.45, 7) is 1.12. The molecule has 3 fully saturated rings. The molecular weight excluding hydrogens is 414 g/mol. The fourth-order valence-corrected chi connectivity index (χ4v) is 5.66. The van der Waals surface area contributed by atoms with Crippen molar-refractivity contribution >= 4 is 21.5 Å². The Labute approximate surface area is 181 Å². The quantitative estimate of drug-likeness (QED) is 0.722. The van der Waals surface area contributed by atoms with Crippen LogP contribution < -0.4 is 10.9 Å². The van der Waals surface area contributed by atoms with Crippen molar-refractivity contribution in [3.8, 4) is 0 Å². The van der Waals surface area contributed by atoms with Crippen LogP contribution in [0.15, 0.2) is 52.2 Å². The Balaban J connectivity index is 1.51. The number of aromatic nitrogens is 1. The highest BCUT2D eigenvalue weighted by Crippen LogP contribution is 2.38. The van der Waals surface area contributed by atoms with Gasteiger partial charge in [-0.15, -0.1) is 0 Å². The third-order valence-electron chi connectivity index (χ3n) is 6.26. The fourth-order valence-electron chi connectivity index (χ4n) is 4.15. The van der Waals surface area contributed by atoms with Gasteiger partial charge in [-0.25, -0.2) is 8.42 Å². The second-order valence-corrected chi connectivity index (χ2v) is 10.4. The van der Waals surface area contributed by atoms with Gasteiger partial charge in [-0.2, -0.15) is 4.31 Å². The van der Waals surface area contributed by atoms with E-state index in [4.69, 9.17) is 0 Å². The van der Waals surface area contributed by atoms with Gasteiger partial charge in [-0.1, -0.05) is 24.3 Å². The van der Waals surface area contributed by atoms with Gasteiger partial charge in [0.2, 0.25) is 15.9 Å². The van der Waals surface area contributed by atoms with Crippen LogP contribution >= 0.6 is 0 Å².